The van der Waals surface area contributed by atoms with Gasteiger partial charge in [-0.2, -0.15) is 0 Å². The second-order valence-corrected chi connectivity index (χ2v) is 7.92. The van der Waals surface area contributed by atoms with Gasteiger partial charge in [0.25, 0.3) is 0 Å². The number of hydrogen-bond acceptors (Lipinski definition) is 2. The van der Waals surface area contributed by atoms with Gasteiger partial charge in [-0.15, -0.1) is 11.3 Å². The molecule has 1 aromatic rings. The first-order valence-corrected chi connectivity index (χ1v) is 7.61. The molecule has 1 aliphatic rings. The highest BCUT2D eigenvalue weighted by Gasteiger charge is 2.49. The van der Waals surface area contributed by atoms with Crippen molar-refractivity contribution in [3.63, 3.8) is 0 Å². The molecule has 2 rings (SSSR count). The molecule has 0 radical (unpaired) electrons. The number of hydrogen-bond donors (Lipinski definition) is 1. The van der Waals surface area contributed by atoms with E-state index >= 15 is 0 Å². The summed E-state index contributed by atoms with van der Waals surface area (Å²) >= 11 is 5.40. The number of nitrogens with one attached hydrogen (secondary N) is 1. The van der Waals surface area contributed by atoms with Crippen LogP contribution in [0.4, 0.5) is 0 Å². The van der Waals surface area contributed by atoms with E-state index in [1.54, 1.807) is 0 Å². The first-order valence-electron chi connectivity index (χ1n) is 6.00. The van der Waals surface area contributed by atoms with E-state index in [4.69, 9.17) is 0 Å². The van der Waals surface area contributed by atoms with Crippen LogP contribution in [-0.4, -0.2) is 12.6 Å². The molecule has 0 amide bonds. The highest BCUT2D eigenvalue weighted by Crippen LogP contribution is 2.54. The summed E-state index contributed by atoms with van der Waals surface area (Å²) in [5, 5.41) is 3.65. The predicted molar refractivity (Wildman–Crippen MR) is 75.1 cm³/mol. The number of halogens is 1. The number of thiophene rings is 1. The van der Waals surface area contributed by atoms with E-state index in [1.807, 2.05) is 11.3 Å². The van der Waals surface area contributed by atoms with Crippen molar-refractivity contribution in [2.45, 2.75) is 39.7 Å². The van der Waals surface area contributed by atoms with Gasteiger partial charge in [-0.05, 0) is 58.8 Å². The molecule has 0 bridgehead atoms. The summed E-state index contributed by atoms with van der Waals surface area (Å²) in [6.45, 7) is 8.04. The van der Waals surface area contributed by atoms with Crippen molar-refractivity contribution in [3.8, 4) is 0 Å². The summed E-state index contributed by atoms with van der Waals surface area (Å²) < 4.78 is 1.24. The first kappa shape index (κ1) is 12.6. The van der Waals surface area contributed by atoms with Crippen LogP contribution in [0.5, 0.6) is 0 Å². The van der Waals surface area contributed by atoms with Crippen molar-refractivity contribution in [2.24, 2.45) is 11.3 Å². The van der Waals surface area contributed by atoms with Gasteiger partial charge >= 0.3 is 0 Å². The van der Waals surface area contributed by atoms with E-state index in [0.717, 1.165) is 12.5 Å². The third-order valence-electron chi connectivity index (χ3n) is 3.59. The summed E-state index contributed by atoms with van der Waals surface area (Å²) in [4.78, 5) is 1.49. The van der Waals surface area contributed by atoms with Crippen molar-refractivity contribution in [1.29, 1.82) is 0 Å². The monoisotopic (exact) mass is 301 g/mol. The minimum absolute atomic E-state index is 0.557. The third-order valence-corrected chi connectivity index (χ3v) is 5.24. The van der Waals surface area contributed by atoms with Gasteiger partial charge in [0, 0.05) is 10.9 Å². The fourth-order valence-corrected chi connectivity index (χ4v) is 4.03. The quantitative estimate of drug-likeness (QED) is 0.864. The lowest BCUT2D eigenvalue weighted by Gasteiger charge is -2.18. The minimum Gasteiger partial charge on any atom is -0.314 e. The van der Waals surface area contributed by atoms with E-state index in [0.29, 0.717) is 11.5 Å². The molecule has 90 valence electrons. The van der Waals surface area contributed by atoms with Crippen LogP contribution in [-0.2, 0) is 6.42 Å². The van der Waals surface area contributed by atoms with Crippen LogP contribution in [0.25, 0.3) is 0 Å². The van der Waals surface area contributed by atoms with Crippen LogP contribution in [0, 0.1) is 11.3 Å². The van der Waals surface area contributed by atoms with Crippen LogP contribution in [0.15, 0.2) is 15.9 Å². The van der Waals surface area contributed by atoms with Gasteiger partial charge in [0.2, 0.25) is 0 Å². The van der Waals surface area contributed by atoms with Crippen molar-refractivity contribution >= 4 is 27.3 Å². The maximum absolute atomic E-state index is 3.65. The SMILES string of the molecule is CCNC(Cc1ccc(Br)s1)C1CC1(C)C. The Morgan fingerprint density at radius 1 is 1.56 bits per heavy atom. The summed E-state index contributed by atoms with van der Waals surface area (Å²) in [6, 6.07) is 5.06. The molecule has 0 saturated heterocycles. The van der Waals surface area contributed by atoms with Gasteiger partial charge in [-0.3, -0.25) is 0 Å². The lowest BCUT2D eigenvalue weighted by Crippen LogP contribution is -2.34. The van der Waals surface area contributed by atoms with E-state index in [9.17, 15) is 0 Å². The maximum Gasteiger partial charge on any atom is 0.0701 e. The Bertz CT molecular complexity index is 359. The Morgan fingerprint density at radius 3 is 2.69 bits per heavy atom. The van der Waals surface area contributed by atoms with Crippen LogP contribution < -0.4 is 5.32 Å². The standard InChI is InChI=1S/C13H20BrNS/c1-4-15-11(10-8-13(10,2)3)7-9-5-6-12(14)16-9/h5-6,10-11,15H,4,7-8H2,1-3H3. The lowest BCUT2D eigenvalue weighted by atomic mass is 10.0. The van der Waals surface area contributed by atoms with Crippen LogP contribution in [0.1, 0.15) is 32.1 Å². The molecular formula is C13H20BrNS. The molecule has 16 heavy (non-hydrogen) atoms. The molecule has 2 unspecified atom stereocenters. The predicted octanol–water partition coefficient (Wildman–Crippen LogP) is 4.08. The van der Waals surface area contributed by atoms with Crippen LogP contribution >= 0.6 is 27.3 Å². The molecular weight excluding hydrogens is 282 g/mol. The Hall–Kier alpha value is 0.140. The van der Waals surface area contributed by atoms with E-state index in [1.165, 1.54) is 21.5 Å². The molecule has 0 aliphatic heterocycles. The lowest BCUT2D eigenvalue weighted by molar-refractivity contribution is 0.411. The van der Waals surface area contributed by atoms with Crippen molar-refractivity contribution < 1.29 is 0 Å². The first-order chi connectivity index (χ1) is 7.53. The highest BCUT2D eigenvalue weighted by atomic mass is 79.9. The molecule has 2 atom stereocenters. The fourth-order valence-electron chi connectivity index (χ4n) is 2.49. The summed E-state index contributed by atoms with van der Waals surface area (Å²) in [7, 11) is 0. The summed E-state index contributed by atoms with van der Waals surface area (Å²) in [6.07, 6.45) is 2.55. The zero-order valence-electron chi connectivity index (χ0n) is 10.2. The summed E-state index contributed by atoms with van der Waals surface area (Å²) in [5.74, 6) is 0.855. The molecule has 1 fully saturated rings. The molecule has 0 spiro atoms. The highest BCUT2D eigenvalue weighted by molar-refractivity contribution is 9.11. The van der Waals surface area contributed by atoms with E-state index < -0.39 is 0 Å². The zero-order chi connectivity index (χ0) is 11.8. The second-order valence-electron chi connectivity index (χ2n) is 5.37. The van der Waals surface area contributed by atoms with Gasteiger partial charge in [0.15, 0.2) is 0 Å². The normalized spacial score (nSPS) is 24.4. The Morgan fingerprint density at radius 2 is 2.25 bits per heavy atom. The van der Waals surface area contributed by atoms with Crippen molar-refractivity contribution in [2.75, 3.05) is 6.54 Å². The van der Waals surface area contributed by atoms with Crippen molar-refractivity contribution in [3.05, 3.63) is 20.8 Å². The molecule has 1 aliphatic carbocycles. The molecule has 0 aromatic carbocycles. The molecule has 1 nitrogen and oxygen atoms in total. The van der Waals surface area contributed by atoms with Crippen LogP contribution in [0.3, 0.4) is 0 Å². The van der Waals surface area contributed by atoms with Crippen molar-refractivity contribution in [1.82, 2.24) is 5.32 Å². The number of likely N-dealkylation sites (N-methyl/N-ethyl adjacent to an activating group) is 1. The zero-order valence-corrected chi connectivity index (χ0v) is 12.6. The largest absolute Gasteiger partial charge is 0.314 e. The van der Waals surface area contributed by atoms with E-state index in [2.05, 4.69) is 54.2 Å². The average molecular weight is 302 g/mol. The van der Waals surface area contributed by atoms with Gasteiger partial charge in [-0.25, -0.2) is 0 Å². The molecule has 1 N–H and O–H groups in total. The van der Waals surface area contributed by atoms with Gasteiger partial charge in [-0.1, -0.05) is 20.8 Å². The minimum atomic E-state index is 0.557. The average Bonchev–Trinajstić information content (AvgIpc) is 2.64. The molecule has 1 saturated carbocycles. The maximum atomic E-state index is 3.65. The van der Waals surface area contributed by atoms with Gasteiger partial charge in [0.05, 0.1) is 3.79 Å². The van der Waals surface area contributed by atoms with Gasteiger partial charge < -0.3 is 5.32 Å². The Labute approximate surface area is 111 Å². The smallest absolute Gasteiger partial charge is 0.0701 e. The van der Waals surface area contributed by atoms with Gasteiger partial charge in [0.1, 0.15) is 0 Å². The Balaban J connectivity index is 1.98. The molecule has 1 heterocycles. The molecule has 3 heteroatoms. The fraction of sp³-hybridized carbons (Fsp3) is 0.692. The number of rotatable bonds is 5. The second kappa shape index (κ2) is 4.79. The molecule has 1 aromatic heterocycles. The topological polar surface area (TPSA) is 12.0 Å². The summed E-state index contributed by atoms with van der Waals surface area (Å²) in [5.41, 5.74) is 0.557. The van der Waals surface area contributed by atoms with Crippen LogP contribution in [0.2, 0.25) is 0 Å². The van der Waals surface area contributed by atoms with E-state index in [-0.39, 0.29) is 0 Å². The Kier molecular flexibility index (Phi) is 3.77. The third kappa shape index (κ3) is 2.88.